The van der Waals surface area contributed by atoms with Crippen LogP contribution in [0.15, 0.2) is 36.4 Å². The summed E-state index contributed by atoms with van der Waals surface area (Å²) >= 11 is 0. The van der Waals surface area contributed by atoms with E-state index >= 15 is 0 Å². The Hall–Kier alpha value is -2.43. The lowest BCUT2D eigenvalue weighted by Crippen LogP contribution is -2.49. The van der Waals surface area contributed by atoms with Gasteiger partial charge >= 0.3 is 0 Å². The number of aromatic nitrogens is 2. The maximum absolute atomic E-state index is 12.6. The van der Waals surface area contributed by atoms with Crippen molar-refractivity contribution in [3.63, 3.8) is 0 Å². The van der Waals surface area contributed by atoms with Crippen LogP contribution in [0.3, 0.4) is 0 Å². The molecule has 24 heavy (non-hydrogen) atoms. The summed E-state index contributed by atoms with van der Waals surface area (Å²) in [7, 11) is 0. The van der Waals surface area contributed by atoms with E-state index in [9.17, 15) is 4.79 Å². The highest BCUT2D eigenvalue weighted by atomic mass is 16.2. The van der Waals surface area contributed by atoms with Crippen LogP contribution in [-0.2, 0) is 0 Å². The Labute approximate surface area is 143 Å². The van der Waals surface area contributed by atoms with E-state index < -0.39 is 0 Å². The van der Waals surface area contributed by atoms with Crippen molar-refractivity contribution in [3.8, 4) is 0 Å². The summed E-state index contributed by atoms with van der Waals surface area (Å²) in [6, 6.07) is 11.9. The second kappa shape index (κ2) is 6.99. The molecule has 1 aliphatic rings. The molecule has 0 saturated carbocycles. The molecule has 5 heteroatoms. The van der Waals surface area contributed by atoms with Crippen LogP contribution in [0.5, 0.6) is 0 Å². The number of piperazine rings is 1. The summed E-state index contributed by atoms with van der Waals surface area (Å²) in [6.07, 6.45) is 0. The Kier molecular flexibility index (Phi) is 4.79. The topological polar surface area (TPSA) is 49.3 Å². The Bertz CT molecular complexity index is 686. The van der Waals surface area contributed by atoms with E-state index in [0.717, 1.165) is 30.2 Å². The zero-order valence-electron chi connectivity index (χ0n) is 14.6. The standard InChI is InChI=1S/C19H24N4O/c1-14(2)16-5-7-17(8-6-16)19(24)23-12-10-22(11-13-23)18-9-4-15(3)20-21-18/h4-9,14H,10-13H2,1-3H3. The normalized spacial score (nSPS) is 15.0. The molecule has 1 aromatic heterocycles. The number of nitrogens with zero attached hydrogens (tertiary/aromatic N) is 4. The average Bonchev–Trinajstić information content (AvgIpc) is 2.62. The highest BCUT2D eigenvalue weighted by Crippen LogP contribution is 2.17. The van der Waals surface area contributed by atoms with Gasteiger partial charge < -0.3 is 9.80 Å². The zero-order chi connectivity index (χ0) is 17.1. The first kappa shape index (κ1) is 16.4. The second-order valence-corrected chi connectivity index (χ2v) is 6.59. The van der Waals surface area contributed by atoms with E-state index in [1.54, 1.807) is 0 Å². The van der Waals surface area contributed by atoms with E-state index in [1.165, 1.54) is 5.56 Å². The van der Waals surface area contributed by atoms with Crippen molar-refractivity contribution < 1.29 is 4.79 Å². The molecule has 1 fully saturated rings. The van der Waals surface area contributed by atoms with Crippen LogP contribution >= 0.6 is 0 Å². The Balaban J connectivity index is 1.61. The predicted octanol–water partition coefficient (Wildman–Crippen LogP) is 2.87. The van der Waals surface area contributed by atoms with Gasteiger partial charge in [0, 0.05) is 31.7 Å². The van der Waals surface area contributed by atoms with E-state index in [2.05, 4.69) is 41.1 Å². The van der Waals surface area contributed by atoms with Gasteiger partial charge in [-0.15, -0.1) is 5.10 Å². The molecule has 1 amide bonds. The number of amides is 1. The predicted molar refractivity (Wildman–Crippen MR) is 95.4 cm³/mol. The third kappa shape index (κ3) is 3.55. The Morgan fingerprint density at radius 1 is 0.958 bits per heavy atom. The monoisotopic (exact) mass is 324 g/mol. The average molecular weight is 324 g/mol. The van der Waals surface area contributed by atoms with Gasteiger partial charge in [0.15, 0.2) is 5.82 Å². The molecule has 0 unspecified atom stereocenters. The van der Waals surface area contributed by atoms with Gasteiger partial charge in [0.25, 0.3) is 5.91 Å². The van der Waals surface area contributed by atoms with Gasteiger partial charge in [0.05, 0.1) is 5.69 Å². The molecule has 2 heterocycles. The molecule has 0 radical (unpaired) electrons. The fraction of sp³-hybridized carbons (Fsp3) is 0.421. The number of hydrogen-bond donors (Lipinski definition) is 0. The molecule has 1 aliphatic heterocycles. The second-order valence-electron chi connectivity index (χ2n) is 6.59. The summed E-state index contributed by atoms with van der Waals surface area (Å²) in [5.41, 5.74) is 2.94. The van der Waals surface area contributed by atoms with E-state index in [0.29, 0.717) is 19.0 Å². The van der Waals surface area contributed by atoms with E-state index in [4.69, 9.17) is 0 Å². The lowest BCUT2D eigenvalue weighted by atomic mass is 10.0. The maximum Gasteiger partial charge on any atom is 0.253 e. The maximum atomic E-state index is 12.6. The van der Waals surface area contributed by atoms with Gasteiger partial charge in [0.2, 0.25) is 0 Å². The van der Waals surface area contributed by atoms with Gasteiger partial charge in [-0.2, -0.15) is 5.10 Å². The first-order valence-electron chi connectivity index (χ1n) is 8.49. The van der Waals surface area contributed by atoms with Crippen molar-refractivity contribution in [2.75, 3.05) is 31.1 Å². The van der Waals surface area contributed by atoms with Crippen molar-refractivity contribution in [3.05, 3.63) is 53.2 Å². The molecule has 0 N–H and O–H groups in total. The third-order valence-electron chi connectivity index (χ3n) is 4.50. The number of rotatable bonds is 3. The third-order valence-corrected chi connectivity index (χ3v) is 4.50. The number of anilines is 1. The fourth-order valence-electron chi connectivity index (χ4n) is 2.89. The van der Waals surface area contributed by atoms with Crippen LogP contribution in [-0.4, -0.2) is 47.2 Å². The number of hydrogen-bond acceptors (Lipinski definition) is 4. The van der Waals surface area contributed by atoms with Gasteiger partial charge in [-0.25, -0.2) is 0 Å². The Morgan fingerprint density at radius 2 is 1.62 bits per heavy atom. The first-order chi connectivity index (χ1) is 11.5. The van der Waals surface area contributed by atoms with Crippen LogP contribution in [0.2, 0.25) is 0 Å². The molecule has 1 aromatic carbocycles. The fourth-order valence-corrected chi connectivity index (χ4v) is 2.89. The number of benzene rings is 1. The molecule has 0 atom stereocenters. The van der Waals surface area contributed by atoms with Crippen LogP contribution in [0.1, 0.15) is 41.4 Å². The number of carbonyl (C=O) groups excluding carboxylic acids is 1. The van der Waals surface area contributed by atoms with Gasteiger partial charge in [0.1, 0.15) is 0 Å². The number of aryl methyl sites for hydroxylation is 1. The summed E-state index contributed by atoms with van der Waals surface area (Å²) in [6.45, 7) is 9.23. The minimum absolute atomic E-state index is 0.111. The molecular weight excluding hydrogens is 300 g/mol. The molecule has 2 aromatic rings. The van der Waals surface area contributed by atoms with E-state index in [1.807, 2.05) is 36.1 Å². The van der Waals surface area contributed by atoms with Crippen molar-refractivity contribution in [1.82, 2.24) is 15.1 Å². The molecular formula is C19H24N4O. The molecule has 0 spiro atoms. The van der Waals surface area contributed by atoms with Crippen LogP contribution < -0.4 is 4.90 Å². The minimum atomic E-state index is 0.111. The van der Waals surface area contributed by atoms with Crippen molar-refractivity contribution >= 4 is 11.7 Å². The van der Waals surface area contributed by atoms with Crippen molar-refractivity contribution in [1.29, 1.82) is 0 Å². The largest absolute Gasteiger partial charge is 0.352 e. The number of carbonyl (C=O) groups is 1. The van der Waals surface area contributed by atoms with Crippen LogP contribution in [0, 0.1) is 6.92 Å². The Morgan fingerprint density at radius 3 is 2.17 bits per heavy atom. The van der Waals surface area contributed by atoms with Crippen molar-refractivity contribution in [2.45, 2.75) is 26.7 Å². The molecule has 5 nitrogen and oxygen atoms in total. The van der Waals surface area contributed by atoms with Crippen LogP contribution in [0.4, 0.5) is 5.82 Å². The molecule has 1 saturated heterocycles. The molecule has 0 aliphatic carbocycles. The summed E-state index contributed by atoms with van der Waals surface area (Å²) in [5, 5.41) is 8.33. The highest BCUT2D eigenvalue weighted by molar-refractivity contribution is 5.94. The minimum Gasteiger partial charge on any atom is -0.352 e. The molecule has 126 valence electrons. The van der Waals surface area contributed by atoms with Gasteiger partial charge in [-0.3, -0.25) is 4.79 Å². The first-order valence-corrected chi connectivity index (χ1v) is 8.49. The summed E-state index contributed by atoms with van der Waals surface area (Å²) in [5.74, 6) is 1.47. The van der Waals surface area contributed by atoms with Gasteiger partial charge in [-0.05, 0) is 42.7 Å². The van der Waals surface area contributed by atoms with Crippen molar-refractivity contribution in [2.24, 2.45) is 0 Å². The lowest BCUT2D eigenvalue weighted by molar-refractivity contribution is 0.0746. The van der Waals surface area contributed by atoms with Gasteiger partial charge in [-0.1, -0.05) is 26.0 Å². The van der Waals surface area contributed by atoms with Crippen LogP contribution in [0.25, 0.3) is 0 Å². The zero-order valence-corrected chi connectivity index (χ0v) is 14.6. The quantitative estimate of drug-likeness (QED) is 0.871. The van der Waals surface area contributed by atoms with E-state index in [-0.39, 0.29) is 5.91 Å². The SMILES string of the molecule is Cc1ccc(N2CCN(C(=O)c3ccc(C(C)C)cc3)CC2)nn1. The lowest BCUT2D eigenvalue weighted by Gasteiger charge is -2.35. The molecule has 0 bridgehead atoms. The summed E-state index contributed by atoms with van der Waals surface area (Å²) in [4.78, 5) is 16.7. The highest BCUT2D eigenvalue weighted by Gasteiger charge is 2.23. The summed E-state index contributed by atoms with van der Waals surface area (Å²) < 4.78 is 0. The smallest absolute Gasteiger partial charge is 0.253 e. The molecule has 3 rings (SSSR count).